The molecule has 0 aliphatic rings. The van der Waals surface area contributed by atoms with Gasteiger partial charge in [-0.25, -0.2) is 0 Å². The molecule has 0 fully saturated rings. The van der Waals surface area contributed by atoms with Crippen molar-refractivity contribution in [2.75, 3.05) is 6.61 Å². The summed E-state index contributed by atoms with van der Waals surface area (Å²) < 4.78 is 11.3. The van der Waals surface area contributed by atoms with E-state index < -0.39 is 18.4 Å². The SMILES string of the molecule is C=C(C)C(=O)OCC[CH2][Sn]([CH2]CCC)([CH2]CCC)[CH2]CCC. The third-order valence-electron chi connectivity index (χ3n) is 4.62. The molecule has 0 amide bonds. The Kier molecular flexibility index (Phi) is 13.5. The number of rotatable bonds is 14. The van der Waals surface area contributed by atoms with Gasteiger partial charge in [-0.2, -0.15) is 0 Å². The summed E-state index contributed by atoms with van der Waals surface area (Å²) in [5.41, 5.74) is 0.512. The molecule has 0 spiro atoms. The van der Waals surface area contributed by atoms with Crippen molar-refractivity contribution >= 4 is 24.3 Å². The molecule has 0 aromatic heterocycles. The molecule has 0 saturated carbocycles. The second-order valence-corrected chi connectivity index (χ2v) is 21.1. The minimum absolute atomic E-state index is 0.225. The van der Waals surface area contributed by atoms with E-state index in [2.05, 4.69) is 27.4 Å². The monoisotopic (exact) mass is 418 g/mol. The van der Waals surface area contributed by atoms with Crippen LogP contribution in [0.25, 0.3) is 0 Å². The summed E-state index contributed by atoms with van der Waals surface area (Å²) in [6.07, 6.45) is 9.27. The number of carbonyl (C=O) groups excluding carboxylic acids is 1. The molecule has 0 aliphatic carbocycles. The zero-order valence-electron chi connectivity index (χ0n) is 15.5. The van der Waals surface area contributed by atoms with Crippen LogP contribution < -0.4 is 0 Å². The molecule has 0 rings (SSSR count). The Morgan fingerprint density at radius 1 is 0.864 bits per heavy atom. The van der Waals surface area contributed by atoms with Crippen molar-refractivity contribution in [3.63, 3.8) is 0 Å². The van der Waals surface area contributed by atoms with Gasteiger partial charge in [0.15, 0.2) is 0 Å². The predicted molar refractivity (Wildman–Crippen MR) is 100 cm³/mol. The van der Waals surface area contributed by atoms with Gasteiger partial charge in [-0.15, -0.1) is 0 Å². The zero-order valence-corrected chi connectivity index (χ0v) is 18.4. The van der Waals surface area contributed by atoms with Gasteiger partial charge in [0.2, 0.25) is 0 Å². The second kappa shape index (κ2) is 13.4. The molecule has 0 heterocycles. The van der Waals surface area contributed by atoms with Crippen LogP contribution in [-0.2, 0) is 9.53 Å². The maximum absolute atomic E-state index is 11.5. The Balaban J connectivity index is 4.50. The molecule has 0 saturated heterocycles. The predicted octanol–water partition coefficient (Wildman–Crippen LogP) is 6.34. The van der Waals surface area contributed by atoms with Crippen LogP contribution in [0.4, 0.5) is 0 Å². The van der Waals surface area contributed by atoms with Crippen molar-refractivity contribution in [3.05, 3.63) is 12.2 Å². The first-order valence-corrected chi connectivity index (χ1v) is 17.4. The van der Waals surface area contributed by atoms with E-state index >= 15 is 0 Å². The summed E-state index contributed by atoms with van der Waals surface area (Å²) in [7, 11) is 0. The second-order valence-electron chi connectivity index (χ2n) is 6.83. The fourth-order valence-electron chi connectivity index (χ4n) is 3.14. The average molecular weight is 417 g/mol. The number of ether oxygens (including phenoxy) is 1. The quantitative estimate of drug-likeness (QED) is 0.143. The fourth-order valence-corrected chi connectivity index (χ4v) is 19.4. The first-order valence-electron chi connectivity index (χ1n) is 9.34. The third kappa shape index (κ3) is 9.91. The van der Waals surface area contributed by atoms with E-state index in [-0.39, 0.29) is 5.97 Å². The molecule has 0 aromatic rings. The van der Waals surface area contributed by atoms with E-state index in [9.17, 15) is 4.79 Å². The van der Waals surface area contributed by atoms with E-state index in [0.717, 1.165) is 6.42 Å². The average Bonchev–Trinajstić information content (AvgIpc) is 2.52. The molecule has 0 aromatic carbocycles. The van der Waals surface area contributed by atoms with Crippen molar-refractivity contribution in [2.45, 2.75) is 90.4 Å². The molecular formula is C19H38O2Sn. The fraction of sp³-hybridized carbons (Fsp3) is 0.842. The van der Waals surface area contributed by atoms with Gasteiger partial charge in [0.1, 0.15) is 0 Å². The molecule has 0 unspecified atom stereocenters. The molecule has 130 valence electrons. The van der Waals surface area contributed by atoms with Crippen LogP contribution in [0.15, 0.2) is 12.2 Å². The standard InChI is InChI=1S/C7H11O2.3C4H9.Sn/c1-4-5-9-7(8)6(2)3;3*1-3-4-2;/h1-2,4-5H2,3H3;3*1,3-4H2,2H3;. The van der Waals surface area contributed by atoms with Gasteiger partial charge in [0.05, 0.1) is 0 Å². The van der Waals surface area contributed by atoms with Gasteiger partial charge >= 0.3 is 143 Å². The zero-order chi connectivity index (χ0) is 16.8. The maximum atomic E-state index is 11.5. The first-order chi connectivity index (χ1) is 10.5. The van der Waals surface area contributed by atoms with Gasteiger partial charge < -0.3 is 0 Å². The molecule has 2 nitrogen and oxygen atoms in total. The number of hydrogen-bond donors (Lipinski definition) is 0. The van der Waals surface area contributed by atoms with Crippen LogP contribution in [0, 0.1) is 0 Å². The number of unbranched alkanes of at least 4 members (excludes halogenated alkanes) is 3. The van der Waals surface area contributed by atoms with Gasteiger partial charge in [-0.1, -0.05) is 0 Å². The van der Waals surface area contributed by atoms with E-state index in [1.54, 1.807) is 20.2 Å². The summed E-state index contributed by atoms with van der Waals surface area (Å²) in [6.45, 7) is 12.9. The van der Waals surface area contributed by atoms with Crippen molar-refractivity contribution in [1.29, 1.82) is 0 Å². The Morgan fingerprint density at radius 3 is 1.64 bits per heavy atom. The third-order valence-corrected chi connectivity index (χ3v) is 20.8. The molecular weight excluding hydrogens is 379 g/mol. The van der Waals surface area contributed by atoms with Gasteiger partial charge in [0, 0.05) is 0 Å². The van der Waals surface area contributed by atoms with Crippen molar-refractivity contribution in [2.24, 2.45) is 0 Å². The normalized spacial score (nSPS) is 11.5. The van der Waals surface area contributed by atoms with Gasteiger partial charge in [-0.05, 0) is 0 Å². The summed E-state index contributed by atoms with van der Waals surface area (Å²) in [4.78, 5) is 11.5. The molecule has 0 bridgehead atoms. The number of hydrogen-bond acceptors (Lipinski definition) is 2. The molecule has 0 aliphatic heterocycles. The van der Waals surface area contributed by atoms with Crippen molar-refractivity contribution in [1.82, 2.24) is 0 Å². The van der Waals surface area contributed by atoms with Crippen LogP contribution in [0.1, 0.15) is 72.6 Å². The Labute approximate surface area is 143 Å². The molecule has 0 N–H and O–H groups in total. The van der Waals surface area contributed by atoms with E-state index in [1.807, 2.05) is 0 Å². The number of esters is 1. The van der Waals surface area contributed by atoms with Gasteiger partial charge in [0.25, 0.3) is 0 Å². The molecule has 0 radical (unpaired) electrons. The van der Waals surface area contributed by atoms with E-state index in [4.69, 9.17) is 4.74 Å². The number of carbonyl (C=O) groups is 1. The first kappa shape index (κ1) is 22.0. The Morgan fingerprint density at radius 2 is 1.27 bits per heavy atom. The Hall–Kier alpha value is 0.00870. The topological polar surface area (TPSA) is 26.3 Å². The van der Waals surface area contributed by atoms with Crippen LogP contribution in [-0.4, -0.2) is 31.0 Å². The summed E-state index contributed by atoms with van der Waals surface area (Å²) in [5, 5.41) is 0. The van der Waals surface area contributed by atoms with Gasteiger partial charge in [-0.3, -0.25) is 0 Å². The van der Waals surface area contributed by atoms with Crippen molar-refractivity contribution < 1.29 is 9.53 Å². The van der Waals surface area contributed by atoms with Crippen LogP contribution >= 0.6 is 0 Å². The molecule has 0 atom stereocenters. The summed E-state index contributed by atoms with van der Waals surface area (Å²) >= 11 is -2.01. The minimum atomic E-state index is -2.01. The summed E-state index contributed by atoms with van der Waals surface area (Å²) in [5.74, 6) is -0.225. The van der Waals surface area contributed by atoms with Crippen LogP contribution in [0.3, 0.4) is 0 Å². The molecule has 3 heteroatoms. The van der Waals surface area contributed by atoms with E-state index in [0.29, 0.717) is 12.2 Å². The summed E-state index contributed by atoms with van der Waals surface area (Å²) in [6, 6.07) is 0. The van der Waals surface area contributed by atoms with Crippen LogP contribution in [0.5, 0.6) is 0 Å². The van der Waals surface area contributed by atoms with Crippen molar-refractivity contribution in [3.8, 4) is 0 Å². The molecule has 22 heavy (non-hydrogen) atoms. The van der Waals surface area contributed by atoms with Crippen LogP contribution in [0.2, 0.25) is 17.7 Å². The van der Waals surface area contributed by atoms with E-state index in [1.165, 1.54) is 43.0 Å². The Bertz CT molecular complexity index is 291.